The maximum absolute atomic E-state index is 11.6. The van der Waals surface area contributed by atoms with Crippen molar-refractivity contribution in [1.82, 2.24) is 4.98 Å². The van der Waals surface area contributed by atoms with Crippen molar-refractivity contribution in [2.24, 2.45) is 0 Å². The van der Waals surface area contributed by atoms with E-state index in [9.17, 15) is 4.79 Å². The second kappa shape index (κ2) is 5.10. The van der Waals surface area contributed by atoms with Crippen molar-refractivity contribution in [3.63, 3.8) is 0 Å². The first-order chi connectivity index (χ1) is 8.82. The molecule has 0 aliphatic rings. The van der Waals surface area contributed by atoms with E-state index in [4.69, 9.17) is 16.3 Å². The highest BCUT2D eigenvalue weighted by atomic mass is 35.5. The summed E-state index contributed by atoms with van der Waals surface area (Å²) >= 11 is 7.14. The van der Waals surface area contributed by atoms with Crippen LogP contribution in [0.4, 0.5) is 4.79 Å². The van der Waals surface area contributed by atoms with Gasteiger partial charge in [-0.05, 0) is 30.0 Å². The van der Waals surface area contributed by atoms with Crippen LogP contribution in [0.15, 0.2) is 23.1 Å². The first kappa shape index (κ1) is 14.3. The van der Waals surface area contributed by atoms with Gasteiger partial charge in [0.2, 0.25) is 0 Å². The fourth-order valence-corrected chi connectivity index (χ4v) is 3.06. The summed E-state index contributed by atoms with van der Waals surface area (Å²) < 4.78 is 4.75. The number of aromatic amines is 1. The molecule has 5 heteroatoms. The predicted octanol–water partition coefficient (Wildman–Crippen LogP) is 4.98. The molecule has 2 rings (SSSR count). The Labute approximate surface area is 121 Å². The lowest BCUT2D eigenvalue weighted by Gasteiger charge is -2.18. The van der Waals surface area contributed by atoms with Crippen molar-refractivity contribution in [2.45, 2.75) is 31.1 Å². The van der Waals surface area contributed by atoms with E-state index in [1.54, 1.807) is 0 Å². The zero-order valence-electron chi connectivity index (χ0n) is 11.3. The van der Waals surface area contributed by atoms with Crippen LogP contribution in [0.2, 0.25) is 5.02 Å². The van der Waals surface area contributed by atoms with Gasteiger partial charge < -0.3 is 9.72 Å². The van der Waals surface area contributed by atoms with Crippen molar-refractivity contribution < 1.29 is 9.53 Å². The maximum atomic E-state index is 11.6. The fourth-order valence-electron chi connectivity index (χ4n) is 1.90. The van der Waals surface area contributed by atoms with Gasteiger partial charge in [-0.1, -0.05) is 32.4 Å². The van der Waals surface area contributed by atoms with Crippen LogP contribution >= 0.6 is 23.4 Å². The summed E-state index contributed by atoms with van der Waals surface area (Å²) in [6.07, 6.45) is 0. The Morgan fingerprint density at radius 3 is 2.63 bits per heavy atom. The highest BCUT2D eigenvalue weighted by Gasteiger charge is 2.25. The number of carbonyl (C=O) groups excluding carboxylic acids is 1. The van der Waals surface area contributed by atoms with Crippen molar-refractivity contribution in [1.29, 1.82) is 0 Å². The number of aromatic nitrogens is 1. The van der Waals surface area contributed by atoms with Gasteiger partial charge in [0.05, 0.1) is 7.11 Å². The molecule has 0 aliphatic heterocycles. The Bertz CT molecular complexity index is 628. The van der Waals surface area contributed by atoms with E-state index >= 15 is 0 Å². The van der Waals surface area contributed by atoms with E-state index in [-0.39, 0.29) is 10.7 Å². The van der Waals surface area contributed by atoms with E-state index in [0.29, 0.717) is 5.02 Å². The summed E-state index contributed by atoms with van der Waals surface area (Å²) in [6.45, 7) is 6.29. The van der Waals surface area contributed by atoms with Gasteiger partial charge in [-0.25, -0.2) is 4.79 Å². The van der Waals surface area contributed by atoms with Gasteiger partial charge in [0.25, 0.3) is 0 Å². The van der Waals surface area contributed by atoms with Crippen LogP contribution in [0.1, 0.15) is 26.5 Å². The van der Waals surface area contributed by atoms with Gasteiger partial charge in [-0.2, -0.15) is 0 Å². The third-order valence-electron chi connectivity index (χ3n) is 2.82. The molecule has 0 unspecified atom stereocenters. The van der Waals surface area contributed by atoms with E-state index in [1.165, 1.54) is 7.11 Å². The first-order valence-corrected chi connectivity index (χ1v) is 7.10. The molecule has 0 radical (unpaired) electrons. The van der Waals surface area contributed by atoms with Crippen molar-refractivity contribution in [3.8, 4) is 0 Å². The lowest BCUT2D eigenvalue weighted by atomic mass is 9.92. The van der Waals surface area contributed by atoms with Crippen LogP contribution in [0.25, 0.3) is 10.9 Å². The molecule has 0 aliphatic carbocycles. The van der Waals surface area contributed by atoms with Crippen LogP contribution in [-0.2, 0) is 10.2 Å². The molecular formula is C14H16ClNO2S. The van der Waals surface area contributed by atoms with Gasteiger partial charge in [-0.3, -0.25) is 0 Å². The molecule has 0 amide bonds. The number of ether oxygens (including phenoxy) is 1. The summed E-state index contributed by atoms with van der Waals surface area (Å²) in [5, 5.41) is 1.28. The van der Waals surface area contributed by atoms with Gasteiger partial charge in [0.1, 0.15) is 0 Å². The topological polar surface area (TPSA) is 42.1 Å². The van der Waals surface area contributed by atoms with Crippen molar-refractivity contribution in [3.05, 3.63) is 28.9 Å². The Morgan fingerprint density at radius 1 is 1.37 bits per heavy atom. The molecule has 0 atom stereocenters. The first-order valence-electron chi connectivity index (χ1n) is 5.90. The number of fused-ring (bicyclic) bond motifs is 1. The van der Waals surface area contributed by atoms with E-state index < -0.39 is 0 Å². The van der Waals surface area contributed by atoms with Gasteiger partial charge in [0, 0.05) is 31.9 Å². The molecule has 1 aromatic carbocycles. The third-order valence-corrected chi connectivity index (χ3v) is 4.01. The molecule has 2 aromatic rings. The van der Waals surface area contributed by atoms with Crippen molar-refractivity contribution >= 4 is 39.6 Å². The summed E-state index contributed by atoms with van der Waals surface area (Å²) in [5.74, 6) is 0. The molecule has 0 saturated heterocycles. The third kappa shape index (κ3) is 2.90. The normalized spacial score (nSPS) is 11.8. The minimum atomic E-state index is -0.327. The van der Waals surface area contributed by atoms with Crippen LogP contribution in [0.5, 0.6) is 0 Å². The Kier molecular flexibility index (Phi) is 3.83. The Morgan fingerprint density at radius 2 is 2.05 bits per heavy atom. The van der Waals surface area contributed by atoms with Crippen LogP contribution in [-0.4, -0.2) is 17.4 Å². The molecule has 0 fully saturated rings. The number of benzene rings is 1. The smallest absolute Gasteiger partial charge is 0.371 e. The number of H-pyrrole nitrogens is 1. The molecule has 1 heterocycles. The number of rotatable bonds is 1. The molecule has 0 saturated carbocycles. The largest absolute Gasteiger partial charge is 0.461 e. The summed E-state index contributed by atoms with van der Waals surface area (Å²) in [6, 6.07) is 5.63. The van der Waals surface area contributed by atoms with Crippen molar-refractivity contribution in [2.75, 3.05) is 7.11 Å². The quantitative estimate of drug-likeness (QED) is 0.596. The SMILES string of the molecule is COC(=O)Sc1c(C(C)(C)C)[nH]c2ccc(Cl)cc12. The molecule has 0 bridgehead atoms. The number of halogens is 1. The van der Waals surface area contributed by atoms with Crippen LogP contribution in [0.3, 0.4) is 0 Å². The minimum absolute atomic E-state index is 0.0954. The number of methoxy groups -OCH3 is 1. The highest BCUT2D eigenvalue weighted by Crippen LogP contribution is 2.39. The number of carbonyl (C=O) groups is 1. The average molecular weight is 298 g/mol. The summed E-state index contributed by atoms with van der Waals surface area (Å²) in [5.41, 5.74) is 1.89. The van der Waals surface area contributed by atoms with E-state index in [0.717, 1.165) is 33.3 Å². The molecule has 19 heavy (non-hydrogen) atoms. The second-order valence-electron chi connectivity index (χ2n) is 5.33. The van der Waals surface area contributed by atoms with Gasteiger partial charge in [-0.15, -0.1) is 0 Å². The summed E-state index contributed by atoms with van der Waals surface area (Å²) in [7, 11) is 1.38. The molecule has 1 N–H and O–H groups in total. The molecule has 3 nitrogen and oxygen atoms in total. The summed E-state index contributed by atoms with van der Waals surface area (Å²) in [4.78, 5) is 15.8. The minimum Gasteiger partial charge on any atom is -0.461 e. The number of thioether (sulfide) groups is 1. The molecule has 102 valence electrons. The number of hydrogen-bond acceptors (Lipinski definition) is 3. The van der Waals surface area contributed by atoms with Crippen LogP contribution in [0, 0.1) is 0 Å². The predicted molar refractivity (Wildman–Crippen MR) is 80.3 cm³/mol. The number of nitrogens with one attached hydrogen (secondary N) is 1. The van der Waals surface area contributed by atoms with E-state index in [2.05, 4.69) is 25.8 Å². The highest BCUT2D eigenvalue weighted by molar-refractivity contribution is 8.13. The monoisotopic (exact) mass is 297 g/mol. The molecular weight excluding hydrogens is 282 g/mol. The molecule has 0 spiro atoms. The van der Waals surface area contributed by atoms with Gasteiger partial charge >= 0.3 is 5.30 Å². The number of hydrogen-bond donors (Lipinski definition) is 1. The zero-order valence-corrected chi connectivity index (χ0v) is 12.9. The zero-order chi connectivity index (χ0) is 14.2. The maximum Gasteiger partial charge on any atom is 0.371 e. The average Bonchev–Trinajstić information content (AvgIpc) is 2.67. The molecule has 1 aromatic heterocycles. The lowest BCUT2D eigenvalue weighted by molar-refractivity contribution is 0.200. The van der Waals surface area contributed by atoms with Crippen LogP contribution < -0.4 is 0 Å². The van der Waals surface area contributed by atoms with Gasteiger partial charge in [0.15, 0.2) is 0 Å². The standard InChI is InChI=1S/C14H16ClNO2S/c1-14(2,3)12-11(19-13(17)18-4)9-7-8(15)5-6-10(9)16-12/h5-7,16H,1-4H3. The van der Waals surface area contributed by atoms with E-state index in [1.807, 2.05) is 18.2 Å². The lowest BCUT2D eigenvalue weighted by Crippen LogP contribution is -2.13. The Hall–Kier alpha value is -1.13. The second-order valence-corrected chi connectivity index (χ2v) is 6.71. The fraction of sp³-hybridized carbons (Fsp3) is 0.357. The Balaban J connectivity index is 2.66.